The molecule has 0 aromatic carbocycles. The van der Waals surface area contributed by atoms with Gasteiger partial charge in [0.1, 0.15) is 0 Å². The summed E-state index contributed by atoms with van der Waals surface area (Å²) in [5, 5.41) is 9.84. The Labute approximate surface area is 120 Å². The van der Waals surface area contributed by atoms with Crippen LogP contribution < -0.4 is 0 Å². The van der Waals surface area contributed by atoms with Crippen LogP contribution in [0.3, 0.4) is 0 Å². The van der Waals surface area contributed by atoms with E-state index in [0.717, 1.165) is 11.8 Å². The van der Waals surface area contributed by atoms with Crippen LogP contribution in [0.2, 0.25) is 0 Å². The van der Waals surface area contributed by atoms with Gasteiger partial charge in [0, 0.05) is 6.61 Å². The molecule has 0 heterocycles. The third kappa shape index (κ3) is 3.97. The van der Waals surface area contributed by atoms with Crippen molar-refractivity contribution in [2.75, 3.05) is 6.61 Å². The molecule has 2 saturated carbocycles. The quantitative estimate of drug-likeness (QED) is 0.531. The molecule has 0 amide bonds. The number of aliphatic hydroxyl groups excluding tert-OH is 1. The van der Waals surface area contributed by atoms with Gasteiger partial charge in [-0.1, -0.05) is 64.7 Å². The fourth-order valence-electron chi connectivity index (χ4n) is 4.75. The zero-order valence-electron chi connectivity index (χ0n) is 13.0. The van der Waals surface area contributed by atoms with Crippen LogP contribution in [0, 0.1) is 17.3 Å². The first-order valence-electron chi connectivity index (χ1n) is 8.91. The summed E-state index contributed by atoms with van der Waals surface area (Å²) in [6.45, 7) is 2.74. The minimum absolute atomic E-state index is 0.352. The number of fused-ring (bicyclic) bond motifs is 2. The molecule has 2 fully saturated rings. The molecule has 0 aromatic heterocycles. The molecule has 0 spiro atoms. The summed E-state index contributed by atoms with van der Waals surface area (Å²) >= 11 is 0. The second-order valence-electron chi connectivity index (χ2n) is 7.33. The largest absolute Gasteiger partial charge is 0.396 e. The Morgan fingerprint density at radius 3 is 2.16 bits per heavy atom. The Balaban J connectivity index is 1.55. The van der Waals surface area contributed by atoms with E-state index >= 15 is 0 Å². The summed E-state index contributed by atoms with van der Waals surface area (Å²) in [5.74, 6) is 1.83. The molecule has 0 saturated heterocycles. The molecular weight excluding hydrogens is 232 g/mol. The molecule has 0 aliphatic heterocycles. The summed E-state index contributed by atoms with van der Waals surface area (Å²) in [7, 11) is 0. The van der Waals surface area contributed by atoms with Gasteiger partial charge in [-0.2, -0.15) is 0 Å². The van der Waals surface area contributed by atoms with Gasteiger partial charge in [-0.3, -0.25) is 0 Å². The van der Waals surface area contributed by atoms with E-state index in [-0.39, 0.29) is 0 Å². The second kappa shape index (κ2) is 7.67. The van der Waals surface area contributed by atoms with E-state index in [2.05, 4.69) is 6.92 Å². The first kappa shape index (κ1) is 15.4. The van der Waals surface area contributed by atoms with E-state index in [4.69, 9.17) is 0 Å². The summed E-state index contributed by atoms with van der Waals surface area (Å²) < 4.78 is 0. The predicted molar refractivity (Wildman–Crippen MR) is 82.2 cm³/mol. The smallest absolute Gasteiger partial charge is 0.0490 e. The van der Waals surface area contributed by atoms with Crippen LogP contribution in [0.15, 0.2) is 0 Å². The fourth-order valence-corrected chi connectivity index (χ4v) is 4.75. The van der Waals surface area contributed by atoms with Crippen LogP contribution in [0.4, 0.5) is 0 Å². The minimum Gasteiger partial charge on any atom is -0.396 e. The Kier molecular flexibility index (Phi) is 6.19. The van der Waals surface area contributed by atoms with E-state index in [9.17, 15) is 5.11 Å². The summed E-state index contributed by atoms with van der Waals surface area (Å²) in [5.41, 5.74) is 0.352. The standard InChI is InChI=1S/C18H34O/c1-2-3-4-5-6-7-8-9-12-18(15-19)14-16-10-11-17(18)13-16/h16-17,19H,2-15H2,1H3. The normalized spacial score (nSPS) is 33.2. The van der Waals surface area contributed by atoms with Crippen LogP contribution >= 0.6 is 0 Å². The van der Waals surface area contributed by atoms with Crippen LogP contribution in [0.1, 0.15) is 90.4 Å². The zero-order chi connectivity index (χ0) is 13.6. The summed E-state index contributed by atoms with van der Waals surface area (Å²) in [6.07, 6.45) is 18.1. The Morgan fingerprint density at radius 1 is 0.947 bits per heavy atom. The molecule has 2 bridgehead atoms. The molecule has 112 valence electrons. The van der Waals surface area contributed by atoms with Gasteiger partial charge in [0.15, 0.2) is 0 Å². The molecule has 1 N–H and O–H groups in total. The first-order valence-corrected chi connectivity index (χ1v) is 8.91. The maximum Gasteiger partial charge on any atom is 0.0490 e. The Morgan fingerprint density at radius 2 is 1.63 bits per heavy atom. The van der Waals surface area contributed by atoms with E-state index in [1.807, 2.05) is 0 Å². The number of unbranched alkanes of at least 4 members (excludes halogenated alkanes) is 7. The Bertz CT molecular complexity index is 250. The molecule has 1 nitrogen and oxygen atoms in total. The highest BCUT2D eigenvalue weighted by Gasteiger charge is 2.49. The van der Waals surface area contributed by atoms with Gasteiger partial charge in [-0.15, -0.1) is 0 Å². The highest BCUT2D eigenvalue weighted by Crippen LogP contribution is 2.57. The molecule has 19 heavy (non-hydrogen) atoms. The second-order valence-corrected chi connectivity index (χ2v) is 7.33. The summed E-state index contributed by atoms with van der Waals surface area (Å²) in [6, 6.07) is 0. The van der Waals surface area contributed by atoms with Crippen molar-refractivity contribution in [1.29, 1.82) is 0 Å². The van der Waals surface area contributed by atoms with Crippen molar-refractivity contribution < 1.29 is 5.11 Å². The molecule has 2 aliphatic rings. The van der Waals surface area contributed by atoms with Crippen molar-refractivity contribution in [2.24, 2.45) is 17.3 Å². The maximum absolute atomic E-state index is 9.84. The number of hydrogen-bond acceptors (Lipinski definition) is 1. The monoisotopic (exact) mass is 266 g/mol. The molecule has 3 atom stereocenters. The lowest BCUT2D eigenvalue weighted by Crippen LogP contribution is -2.31. The van der Waals surface area contributed by atoms with Crippen molar-refractivity contribution in [3.8, 4) is 0 Å². The molecule has 3 unspecified atom stereocenters. The summed E-state index contributed by atoms with van der Waals surface area (Å²) in [4.78, 5) is 0. The minimum atomic E-state index is 0.352. The van der Waals surface area contributed by atoms with Gasteiger partial charge in [0.2, 0.25) is 0 Å². The zero-order valence-corrected chi connectivity index (χ0v) is 13.0. The van der Waals surface area contributed by atoms with Crippen molar-refractivity contribution in [2.45, 2.75) is 90.4 Å². The average Bonchev–Trinajstić information content (AvgIpc) is 3.03. The predicted octanol–water partition coefficient (Wildman–Crippen LogP) is 5.32. The fraction of sp³-hybridized carbons (Fsp3) is 1.00. The van der Waals surface area contributed by atoms with Crippen LogP contribution in [0.5, 0.6) is 0 Å². The molecule has 0 aromatic rings. The van der Waals surface area contributed by atoms with Crippen LogP contribution in [0.25, 0.3) is 0 Å². The average molecular weight is 266 g/mol. The van der Waals surface area contributed by atoms with E-state index < -0.39 is 0 Å². The van der Waals surface area contributed by atoms with Gasteiger partial charge >= 0.3 is 0 Å². The molecule has 1 heteroatoms. The van der Waals surface area contributed by atoms with Gasteiger partial charge < -0.3 is 5.11 Å². The van der Waals surface area contributed by atoms with Crippen molar-refractivity contribution in [3.63, 3.8) is 0 Å². The Hall–Kier alpha value is -0.0400. The topological polar surface area (TPSA) is 20.2 Å². The van der Waals surface area contributed by atoms with E-state index in [0.29, 0.717) is 12.0 Å². The molecule has 2 rings (SSSR count). The lowest BCUT2D eigenvalue weighted by atomic mass is 9.70. The third-order valence-corrected chi connectivity index (χ3v) is 5.95. The number of rotatable bonds is 10. The van der Waals surface area contributed by atoms with Gasteiger partial charge in [0.05, 0.1) is 0 Å². The van der Waals surface area contributed by atoms with Crippen molar-refractivity contribution >= 4 is 0 Å². The van der Waals surface area contributed by atoms with Crippen LogP contribution in [-0.4, -0.2) is 11.7 Å². The lowest BCUT2D eigenvalue weighted by Gasteiger charge is -2.36. The highest BCUT2D eigenvalue weighted by atomic mass is 16.3. The SMILES string of the molecule is CCCCCCCCCCC1(CO)CC2CCC1C2. The molecular formula is C18H34O. The van der Waals surface area contributed by atoms with E-state index in [1.54, 1.807) is 0 Å². The highest BCUT2D eigenvalue weighted by molar-refractivity contribution is 4.99. The molecule has 0 radical (unpaired) electrons. The number of hydrogen-bond donors (Lipinski definition) is 1. The maximum atomic E-state index is 9.84. The van der Waals surface area contributed by atoms with Gasteiger partial charge in [-0.05, 0) is 42.9 Å². The third-order valence-electron chi connectivity index (χ3n) is 5.95. The van der Waals surface area contributed by atoms with Crippen molar-refractivity contribution in [1.82, 2.24) is 0 Å². The molecule has 2 aliphatic carbocycles. The van der Waals surface area contributed by atoms with E-state index in [1.165, 1.54) is 83.5 Å². The lowest BCUT2D eigenvalue weighted by molar-refractivity contribution is 0.0536. The van der Waals surface area contributed by atoms with Crippen molar-refractivity contribution in [3.05, 3.63) is 0 Å². The van der Waals surface area contributed by atoms with Gasteiger partial charge in [-0.25, -0.2) is 0 Å². The first-order chi connectivity index (χ1) is 9.30. The van der Waals surface area contributed by atoms with Crippen LogP contribution in [-0.2, 0) is 0 Å². The van der Waals surface area contributed by atoms with Gasteiger partial charge in [0.25, 0.3) is 0 Å². The number of aliphatic hydroxyl groups is 1.